The first-order valence-electron chi connectivity index (χ1n) is 11.2. The first-order valence-corrected chi connectivity index (χ1v) is 14.2. The fourth-order valence-electron chi connectivity index (χ4n) is 3.61. The van der Waals surface area contributed by atoms with Crippen molar-refractivity contribution in [3.05, 3.63) is 80.4 Å². The van der Waals surface area contributed by atoms with Crippen molar-refractivity contribution in [2.24, 2.45) is 0 Å². The quantitative estimate of drug-likeness (QED) is 0.222. The molecule has 1 heterocycles. The first-order chi connectivity index (χ1) is 17.4. The Morgan fingerprint density at radius 2 is 1.86 bits per heavy atom. The van der Waals surface area contributed by atoms with Gasteiger partial charge in [0.2, 0.25) is 27.7 Å². The summed E-state index contributed by atoms with van der Waals surface area (Å²) in [4.78, 5) is 16.8. The number of benzene rings is 2. The third kappa shape index (κ3) is 9.64. The lowest BCUT2D eigenvalue weighted by Gasteiger charge is -2.25. The highest BCUT2D eigenvalue weighted by Crippen LogP contribution is 2.18. The van der Waals surface area contributed by atoms with Gasteiger partial charge in [-0.15, -0.1) is 0 Å². The zero-order valence-electron chi connectivity index (χ0n) is 20.1. The molecule has 0 unspecified atom stereocenters. The van der Waals surface area contributed by atoms with E-state index in [0.717, 1.165) is 33.6 Å². The SMILES string of the molecule is Cc1nc(CC(=O)N[C@@H](Cc2cc(F)cc(F)c2)[C@H](O)CNCc2cccc(I)c2)oc1NS(C)(=O)=O. The van der Waals surface area contributed by atoms with E-state index < -0.39 is 39.7 Å². The minimum Gasteiger partial charge on any atom is -0.423 e. The standard InChI is InChI=1S/C24H27F2IN4O5S/c1-14-24(31-37(2,34)35)36-23(29-14)11-22(33)30-20(9-16-6-17(25)10-18(26)7-16)21(32)13-28-12-15-4-3-5-19(27)8-15/h3-8,10,20-21,28,31-32H,9,11-13H2,1-2H3,(H,30,33)/t20-,21+/m0/s1. The fourth-order valence-corrected chi connectivity index (χ4v) is 4.74. The molecule has 2 atom stereocenters. The molecule has 4 N–H and O–H groups in total. The Hall–Kier alpha value is -2.62. The molecule has 2 aromatic carbocycles. The van der Waals surface area contributed by atoms with Gasteiger partial charge in [0.05, 0.1) is 18.4 Å². The van der Waals surface area contributed by atoms with Gasteiger partial charge in [-0.2, -0.15) is 0 Å². The fraction of sp³-hybridized carbons (Fsp3) is 0.333. The van der Waals surface area contributed by atoms with Gasteiger partial charge in [-0.25, -0.2) is 22.2 Å². The number of hydrogen-bond donors (Lipinski definition) is 4. The van der Waals surface area contributed by atoms with Gasteiger partial charge in [-0.1, -0.05) is 12.1 Å². The van der Waals surface area contributed by atoms with Gasteiger partial charge in [0.1, 0.15) is 23.7 Å². The minimum atomic E-state index is -3.60. The molecule has 0 saturated carbocycles. The summed E-state index contributed by atoms with van der Waals surface area (Å²) >= 11 is 2.20. The van der Waals surface area contributed by atoms with Gasteiger partial charge in [0, 0.05) is 22.7 Å². The van der Waals surface area contributed by atoms with Crippen molar-refractivity contribution < 1.29 is 31.5 Å². The molecule has 9 nitrogen and oxygen atoms in total. The van der Waals surface area contributed by atoms with Crippen LogP contribution < -0.4 is 15.4 Å². The van der Waals surface area contributed by atoms with Gasteiger partial charge in [0.25, 0.3) is 0 Å². The number of carbonyl (C=O) groups excluding carboxylic acids is 1. The number of aryl methyl sites for hydroxylation is 1. The van der Waals surface area contributed by atoms with Gasteiger partial charge in [-0.3, -0.25) is 9.52 Å². The maximum absolute atomic E-state index is 13.7. The average molecular weight is 648 g/mol. The Kier molecular flexibility index (Phi) is 9.98. The third-order valence-electron chi connectivity index (χ3n) is 5.19. The number of halogens is 3. The lowest BCUT2D eigenvalue weighted by atomic mass is 10.0. The summed E-state index contributed by atoms with van der Waals surface area (Å²) in [5.41, 5.74) is 1.51. The highest BCUT2D eigenvalue weighted by molar-refractivity contribution is 14.1. The van der Waals surface area contributed by atoms with E-state index in [2.05, 4.69) is 42.9 Å². The van der Waals surface area contributed by atoms with Crippen LogP contribution in [-0.2, 0) is 34.2 Å². The van der Waals surface area contributed by atoms with E-state index in [1.165, 1.54) is 6.92 Å². The molecule has 200 valence electrons. The maximum Gasteiger partial charge on any atom is 0.232 e. The van der Waals surface area contributed by atoms with Crippen LogP contribution in [0.3, 0.4) is 0 Å². The number of sulfonamides is 1. The van der Waals surface area contributed by atoms with Gasteiger partial charge in [0.15, 0.2) is 0 Å². The monoisotopic (exact) mass is 648 g/mol. The van der Waals surface area contributed by atoms with Crippen LogP contribution >= 0.6 is 22.6 Å². The van der Waals surface area contributed by atoms with E-state index in [4.69, 9.17) is 4.42 Å². The Morgan fingerprint density at radius 1 is 1.16 bits per heavy atom. The highest BCUT2D eigenvalue weighted by Gasteiger charge is 2.24. The maximum atomic E-state index is 13.7. The molecule has 13 heteroatoms. The lowest BCUT2D eigenvalue weighted by molar-refractivity contribution is -0.122. The molecule has 3 rings (SSSR count). The van der Waals surface area contributed by atoms with Crippen LogP contribution in [-0.4, -0.2) is 49.4 Å². The van der Waals surface area contributed by atoms with E-state index >= 15 is 0 Å². The number of amides is 1. The molecule has 0 aliphatic heterocycles. The summed E-state index contributed by atoms with van der Waals surface area (Å²) in [5, 5.41) is 16.6. The van der Waals surface area contributed by atoms with Crippen LogP contribution in [0.2, 0.25) is 0 Å². The molecule has 0 bridgehead atoms. The topological polar surface area (TPSA) is 134 Å². The summed E-state index contributed by atoms with van der Waals surface area (Å²) in [5.74, 6) is -2.26. The zero-order chi connectivity index (χ0) is 27.2. The second-order valence-corrected chi connectivity index (χ2v) is 11.6. The van der Waals surface area contributed by atoms with E-state index in [-0.39, 0.29) is 42.4 Å². The zero-order valence-corrected chi connectivity index (χ0v) is 23.1. The van der Waals surface area contributed by atoms with Crippen LogP contribution in [0.5, 0.6) is 0 Å². The number of rotatable bonds is 12. The molecule has 37 heavy (non-hydrogen) atoms. The smallest absolute Gasteiger partial charge is 0.232 e. The van der Waals surface area contributed by atoms with Gasteiger partial charge in [-0.05, 0) is 71.3 Å². The number of hydrogen-bond acceptors (Lipinski definition) is 7. The molecule has 0 fully saturated rings. The van der Waals surface area contributed by atoms with E-state index in [1.54, 1.807) is 0 Å². The van der Waals surface area contributed by atoms with Crippen molar-refractivity contribution >= 4 is 44.4 Å². The average Bonchev–Trinajstić information content (AvgIpc) is 3.09. The van der Waals surface area contributed by atoms with Crippen molar-refractivity contribution in [1.82, 2.24) is 15.6 Å². The molecule has 0 radical (unpaired) electrons. The van der Waals surface area contributed by atoms with E-state index in [0.29, 0.717) is 6.54 Å². The number of aromatic nitrogens is 1. The number of oxazole rings is 1. The van der Waals surface area contributed by atoms with Crippen molar-refractivity contribution in [3.63, 3.8) is 0 Å². The summed E-state index contributed by atoms with van der Waals surface area (Å²) < 4.78 is 59.0. The van der Waals surface area contributed by atoms with E-state index in [9.17, 15) is 27.1 Å². The van der Waals surface area contributed by atoms with Crippen molar-refractivity contribution in [2.45, 2.75) is 38.5 Å². The van der Waals surface area contributed by atoms with Crippen LogP contribution in [0.25, 0.3) is 0 Å². The molecule has 0 spiro atoms. The molecular weight excluding hydrogens is 621 g/mol. The molecule has 1 amide bonds. The van der Waals surface area contributed by atoms with Crippen LogP contribution in [0, 0.1) is 22.1 Å². The summed E-state index contributed by atoms with van der Waals surface area (Å²) in [6.07, 6.45) is -0.539. The lowest BCUT2D eigenvalue weighted by Crippen LogP contribution is -2.49. The van der Waals surface area contributed by atoms with Crippen LogP contribution in [0.4, 0.5) is 14.7 Å². The van der Waals surface area contributed by atoms with Crippen molar-refractivity contribution in [2.75, 3.05) is 17.5 Å². The van der Waals surface area contributed by atoms with Crippen LogP contribution in [0.15, 0.2) is 46.9 Å². The predicted molar refractivity (Wildman–Crippen MR) is 142 cm³/mol. The molecule has 0 aliphatic carbocycles. The number of nitrogens with one attached hydrogen (secondary N) is 3. The Labute approximate surface area is 227 Å². The summed E-state index contributed by atoms with van der Waals surface area (Å²) in [6, 6.07) is 9.90. The molecule has 0 saturated heterocycles. The first kappa shape index (κ1) is 28.9. The molecular formula is C24H27F2IN4O5S. The number of nitrogens with zero attached hydrogens (tertiary/aromatic N) is 1. The Balaban J connectivity index is 1.69. The second-order valence-electron chi connectivity index (χ2n) is 8.56. The van der Waals surface area contributed by atoms with Crippen molar-refractivity contribution in [3.8, 4) is 0 Å². The molecule has 1 aromatic heterocycles. The van der Waals surface area contributed by atoms with Crippen molar-refractivity contribution in [1.29, 1.82) is 0 Å². The van der Waals surface area contributed by atoms with E-state index in [1.807, 2.05) is 24.3 Å². The largest absolute Gasteiger partial charge is 0.423 e. The molecule has 0 aliphatic rings. The second kappa shape index (κ2) is 12.8. The molecule has 3 aromatic rings. The number of aliphatic hydroxyl groups excluding tert-OH is 1. The number of carbonyl (C=O) groups is 1. The highest BCUT2D eigenvalue weighted by atomic mass is 127. The van der Waals surface area contributed by atoms with Crippen LogP contribution in [0.1, 0.15) is 22.7 Å². The normalized spacial score (nSPS) is 13.2. The minimum absolute atomic E-state index is 0.0389. The number of aliphatic hydroxyl groups is 1. The third-order valence-corrected chi connectivity index (χ3v) is 6.42. The summed E-state index contributed by atoms with van der Waals surface area (Å²) in [7, 11) is -3.60. The summed E-state index contributed by atoms with van der Waals surface area (Å²) in [6.45, 7) is 2.08. The Morgan fingerprint density at radius 3 is 2.51 bits per heavy atom. The van der Waals surface area contributed by atoms with Gasteiger partial charge >= 0.3 is 0 Å². The Bertz CT molecular complexity index is 1330. The number of anilines is 1. The van der Waals surface area contributed by atoms with Gasteiger partial charge < -0.3 is 20.2 Å². The predicted octanol–water partition coefficient (Wildman–Crippen LogP) is 2.66.